The van der Waals surface area contributed by atoms with Crippen molar-refractivity contribution in [1.82, 2.24) is 5.16 Å². The first-order valence-corrected chi connectivity index (χ1v) is 7.72. The third-order valence-corrected chi connectivity index (χ3v) is 3.83. The van der Waals surface area contributed by atoms with Gasteiger partial charge in [-0.3, -0.25) is 4.79 Å². The SMILES string of the molecule is Cc1noc(C)c1C(=O)Nc1ccc(OCC2CCCO2)cc1. The van der Waals surface area contributed by atoms with Crippen molar-refractivity contribution in [1.29, 1.82) is 0 Å². The number of nitrogens with zero attached hydrogens (tertiary/aromatic N) is 1. The Morgan fingerprint density at radius 3 is 2.74 bits per heavy atom. The van der Waals surface area contributed by atoms with Gasteiger partial charge in [0.25, 0.3) is 5.91 Å². The number of carbonyl (C=O) groups is 1. The predicted octanol–water partition coefficient (Wildman–Crippen LogP) is 3.10. The van der Waals surface area contributed by atoms with E-state index in [2.05, 4.69) is 10.5 Å². The molecule has 0 radical (unpaired) electrons. The fourth-order valence-electron chi connectivity index (χ4n) is 2.60. The highest BCUT2D eigenvalue weighted by atomic mass is 16.5. The number of ether oxygens (including phenoxy) is 2. The average Bonchev–Trinajstić information content (AvgIpc) is 3.16. The van der Waals surface area contributed by atoms with Gasteiger partial charge in [0.2, 0.25) is 0 Å². The maximum Gasteiger partial charge on any atom is 0.261 e. The molecule has 1 aromatic heterocycles. The van der Waals surface area contributed by atoms with Gasteiger partial charge in [0.05, 0.1) is 11.8 Å². The zero-order valence-corrected chi connectivity index (χ0v) is 13.3. The maximum atomic E-state index is 12.2. The van der Waals surface area contributed by atoms with Gasteiger partial charge >= 0.3 is 0 Å². The highest BCUT2D eigenvalue weighted by molar-refractivity contribution is 6.05. The molecule has 2 aromatic rings. The van der Waals surface area contributed by atoms with E-state index in [1.165, 1.54) is 0 Å². The number of rotatable bonds is 5. The first-order valence-electron chi connectivity index (χ1n) is 7.72. The molecular formula is C17H20N2O4. The quantitative estimate of drug-likeness (QED) is 0.917. The Kier molecular flexibility index (Phi) is 4.62. The number of nitrogens with one attached hydrogen (secondary N) is 1. The highest BCUT2D eigenvalue weighted by Gasteiger charge is 2.18. The van der Waals surface area contributed by atoms with E-state index in [0.29, 0.717) is 29.3 Å². The molecule has 1 fully saturated rings. The lowest BCUT2D eigenvalue weighted by molar-refractivity contribution is 0.0679. The molecule has 1 unspecified atom stereocenters. The Hall–Kier alpha value is -2.34. The monoisotopic (exact) mass is 316 g/mol. The Bertz CT molecular complexity index is 653. The van der Waals surface area contributed by atoms with Crippen LogP contribution in [0.4, 0.5) is 5.69 Å². The zero-order chi connectivity index (χ0) is 16.2. The van der Waals surface area contributed by atoms with Crippen molar-refractivity contribution in [3.63, 3.8) is 0 Å². The van der Waals surface area contributed by atoms with Gasteiger partial charge in [-0.25, -0.2) is 0 Å². The fourth-order valence-corrected chi connectivity index (χ4v) is 2.60. The van der Waals surface area contributed by atoms with Gasteiger partial charge in [0.1, 0.15) is 23.7 Å². The summed E-state index contributed by atoms with van der Waals surface area (Å²) in [5.74, 6) is 1.04. The summed E-state index contributed by atoms with van der Waals surface area (Å²) in [5.41, 5.74) is 1.75. The molecule has 3 rings (SSSR count). The predicted molar refractivity (Wildman–Crippen MR) is 84.8 cm³/mol. The topological polar surface area (TPSA) is 73.6 Å². The van der Waals surface area contributed by atoms with Crippen molar-refractivity contribution in [2.75, 3.05) is 18.5 Å². The van der Waals surface area contributed by atoms with Crippen LogP contribution in [0.25, 0.3) is 0 Å². The molecule has 23 heavy (non-hydrogen) atoms. The number of carbonyl (C=O) groups excluding carboxylic acids is 1. The first-order chi connectivity index (χ1) is 11.1. The van der Waals surface area contributed by atoms with Crippen LogP contribution in [0.2, 0.25) is 0 Å². The second-order valence-electron chi connectivity index (χ2n) is 5.62. The van der Waals surface area contributed by atoms with E-state index >= 15 is 0 Å². The summed E-state index contributed by atoms with van der Waals surface area (Å²) < 4.78 is 16.2. The molecular weight excluding hydrogens is 296 g/mol. The summed E-state index contributed by atoms with van der Waals surface area (Å²) in [4.78, 5) is 12.2. The standard InChI is InChI=1S/C17H20N2O4/c1-11-16(12(2)23-19-11)17(20)18-13-5-7-14(8-6-13)22-10-15-4-3-9-21-15/h5-8,15H,3-4,9-10H2,1-2H3,(H,18,20). The van der Waals surface area contributed by atoms with Crippen LogP contribution in [0, 0.1) is 13.8 Å². The Labute approximate surface area is 134 Å². The molecule has 2 heterocycles. The summed E-state index contributed by atoms with van der Waals surface area (Å²) in [6.45, 7) is 4.84. The minimum atomic E-state index is -0.228. The van der Waals surface area contributed by atoms with Crippen molar-refractivity contribution in [3.05, 3.63) is 41.3 Å². The van der Waals surface area contributed by atoms with Crippen molar-refractivity contribution in [2.45, 2.75) is 32.8 Å². The van der Waals surface area contributed by atoms with E-state index in [4.69, 9.17) is 14.0 Å². The molecule has 6 heteroatoms. The lowest BCUT2D eigenvalue weighted by atomic mass is 10.2. The summed E-state index contributed by atoms with van der Waals surface area (Å²) in [6, 6.07) is 7.28. The van der Waals surface area contributed by atoms with Gasteiger partial charge in [0.15, 0.2) is 0 Å². The number of benzene rings is 1. The molecule has 1 saturated heterocycles. The molecule has 0 saturated carbocycles. The molecule has 1 aliphatic heterocycles. The van der Waals surface area contributed by atoms with Crippen LogP contribution in [-0.4, -0.2) is 30.4 Å². The Morgan fingerprint density at radius 1 is 1.35 bits per heavy atom. The van der Waals surface area contributed by atoms with Crippen LogP contribution in [0.5, 0.6) is 5.75 Å². The number of hydrogen-bond donors (Lipinski definition) is 1. The molecule has 0 bridgehead atoms. The number of aromatic nitrogens is 1. The first kappa shape index (κ1) is 15.6. The second kappa shape index (κ2) is 6.83. The summed E-state index contributed by atoms with van der Waals surface area (Å²) in [7, 11) is 0. The minimum absolute atomic E-state index is 0.189. The number of aryl methyl sites for hydroxylation is 2. The molecule has 6 nitrogen and oxygen atoms in total. The molecule has 0 spiro atoms. The van der Waals surface area contributed by atoms with Crippen LogP contribution in [0.15, 0.2) is 28.8 Å². The van der Waals surface area contributed by atoms with Gasteiger partial charge in [-0.15, -0.1) is 0 Å². The van der Waals surface area contributed by atoms with E-state index in [-0.39, 0.29) is 12.0 Å². The zero-order valence-electron chi connectivity index (χ0n) is 13.3. The smallest absolute Gasteiger partial charge is 0.261 e. The highest BCUT2D eigenvalue weighted by Crippen LogP contribution is 2.20. The molecule has 1 aromatic carbocycles. The van der Waals surface area contributed by atoms with Gasteiger partial charge in [-0.1, -0.05) is 5.16 Å². The number of anilines is 1. The lowest BCUT2D eigenvalue weighted by Crippen LogP contribution is -2.16. The van der Waals surface area contributed by atoms with Gasteiger partial charge in [-0.2, -0.15) is 0 Å². The van der Waals surface area contributed by atoms with Crippen molar-refractivity contribution >= 4 is 11.6 Å². The average molecular weight is 316 g/mol. The van der Waals surface area contributed by atoms with Crippen LogP contribution in [-0.2, 0) is 4.74 Å². The van der Waals surface area contributed by atoms with E-state index in [0.717, 1.165) is 25.2 Å². The Balaban J connectivity index is 1.57. The van der Waals surface area contributed by atoms with Gasteiger partial charge in [-0.05, 0) is 51.0 Å². The third kappa shape index (κ3) is 3.71. The van der Waals surface area contributed by atoms with Crippen LogP contribution in [0.3, 0.4) is 0 Å². The summed E-state index contributed by atoms with van der Waals surface area (Å²) in [5, 5.41) is 6.62. The number of hydrogen-bond acceptors (Lipinski definition) is 5. The van der Waals surface area contributed by atoms with E-state index in [9.17, 15) is 4.79 Å². The van der Waals surface area contributed by atoms with Crippen molar-refractivity contribution < 1.29 is 18.8 Å². The third-order valence-electron chi connectivity index (χ3n) is 3.83. The van der Waals surface area contributed by atoms with Gasteiger partial charge < -0.3 is 19.3 Å². The molecule has 1 N–H and O–H groups in total. The minimum Gasteiger partial charge on any atom is -0.491 e. The van der Waals surface area contributed by atoms with Crippen LogP contribution >= 0.6 is 0 Å². The van der Waals surface area contributed by atoms with E-state index in [1.54, 1.807) is 26.0 Å². The molecule has 1 amide bonds. The summed E-state index contributed by atoms with van der Waals surface area (Å²) in [6.07, 6.45) is 2.33. The molecule has 0 aliphatic carbocycles. The normalized spacial score (nSPS) is 17.2. The molecule has 1 atom stereocenters. The van der Waals surface area contributed by atoms with E-state index < -0.39 is 0 Å². The second-order valence-corrected chi connectivity index (χ2v) is 5.62. The molecule has 1 aliphatic rings. The maximum absolute atomic E-state index is 12.2. The van der Waals surface area contributed by atoms with Crippen molar-refractivity contribution in [3.8, 4) is 5.75 Å². The lowest BCUT2D eigenvalue weighted by Gasteiger charge is -2.12. The largest absolute Gasteiger partial charge is 0.491 e. The summed E-state index contributed by atoms with van der Waals surface area (Å²) >= 11 is 0. The number of amides is 1. The van der Waals surface area contributed by atoms with Gasteiger partial charge in [0, 0.05) is 12.3 Å². The van der Waals surface area contributed by atoms with Crippen molar-refractivity contribution in [2.24, 2.45) is 0 Å². The Morgan fingerprint density at radius 2 is 2.13 bits per heavy atom. The van der Waals surface area contributed by atoms with E-state index in [1.807, 2.05) is 12.1 Å². The van der Waals surface area contributed by atoms with Crippen LogP contribution < -0.4 is 10.1 Å². The molecule has 122 valence electrons. The fraction of sp³-hybridized carbons (Fsp3) is 0.412. The van der Waals surface area contributed by atoms with Crippen LogP contribution in [0.1, 0.15) is 34.7 Å².